The number of rotatable bonds is 6. The van der Waals surface area contributed by atoms with Gasteiger partial charge in [0.1, 0.15) is 0 Å². The lowest BCUT2D eigenvalue weighted by Gasteiger charge is -2.35. The van der Waals surface area contributed by atoms with E-state index in [4.69, 9.17) is 17.3 Å². The van der Waals surface area contributed by atoms with Crippen LogP contribution < -0.4 is 11.1 Å². The summed E-state index contributed by atoms with van der Waals surface area (Å²) in [6, 6.07) is 17.8. The van der Waals surface area contributed by atoms with E-state index in [0.29, 0.717) is 22.8 Å². The molecule has 1 amide bonds. The molecule has 0 saturated heterocycles. The molecule has 0 fully saturated rings. The minimum absolute atomic E-state index is 0.206. The summed E-state index contributed by atoms with van der Waals surface area (Å²) >= 11 is 6.29. The molecule has 1 atom stereocenters. The Hall–Kier alpha value is -3.29. The Labute approximate surface area is 181 Å². The zero-order chi connectivity index (χ0) is 21.0. The van der Waals surface area contributed by atoms with Crippen LogP contribution in [0.4, 0.5) is 5.69 Å². The van der Waals surface area contributed by atoms with Gasteiger partial charge in [-0.3, -0.25) is 9.78 Å². The van der Waals surface area contributed by atoms with Crippen molar-refractivity contribution in [1.29, 1.82) is 0 Å². The van der Waals surface area contributed by atoms with Crippen molar-refractivity contribution in [3.05, 3.63) is 83.1 Å². The molecule has 150 valence electrons. The Bertz CT molecular complexity index is 1130. The summed E-state index contributed by atoms with van der Waals surface area (Å²) in [6.07, 6.45) is 5.72. The van der Waals surface area contributed by atoms with Gasteiger partial charge in [-0.2, -0.15) is 0 Å². The van der Waals surface area contributed by atoms with Crippen molar-refractivity contribution in [2.45, 2.75) is 24.7 Å². The van der Waals surface area contributed by atoms with Crippen LogP contribution in [-0.2, 0) is 5.41 Å². The highest BCUT2D eigenvalue weighted by atomic mass is 35.5. The third kappa shape index (κ3) is 4.03. The highest BCUT2D eigenvalue weighted by molar-refractivity contribution is 6.30. The van der Waals surface area contributed by atoms with Crippen LogP contribution in [0.5, 0.6) is 0 Å². The van der Waals surface area contributed by atoms with E-state index >= 15 is 0 Å². The van der Waals surface area contributed by atoms with Crippen LogP contribution in [0.25, 0.3) is 11.1 Å². The van der Waals surface area contributed by atoms with Gasteiger partial charge in [0.15, 0.2) is 0 Å². The van der Waals surface area contributed by atoms with Gasteiger partial charge < -0.3 is 11.1 Å². The number of aromatic nitrogens is 1. The van der Waals surface area contributed by atoms with Crippen molar-refractivity contribution in [2.75, 3.05) is 11.9 Å². The number of carbonyl (C=O) groups excluding carboxylic acids is 1. The monoisotopic (exact) mass is 415 g/mol. The van der Waals surface area contributed by atoms with Gasteiger partial charge in [-0.15, -0.1) is 11.8 Å². The summed E-state index contributed by atoms with van der Waals surface area (Å²) in [5.74, 6) is 5.96. The van der Waals surface area contributed by atoms with E-state index in [1.54, 1.807) is 6.20 Å². The fraction of sp³-hybridized carbons (Fsp3) is 0.200. The normalized spacial score (nSPS) is 17.6. The Morgan fingerprint density at radius 1 is 1.13 bits per heavy atom. The molecule has 2 aromatic carbocycles. The number of nitrogens with zero attached hydrogens (tertiary/aromatic N) is 1. The van der Waals surface area contributed by atoms with E-state index in [2.05, 4.69) is 28.2 Å². The second kappa shape index (κ2) is 8.61. The molecule has 30 heavy (non-hydrogen) atoms. The zero-order valence-electron chi connectivity index (χ0n) is 16.5. The molecule has 0 aliphatic heterocycles. The summed E-state index contributed by atoms with van der Waals surface area (Å²) < 4.78 is 0. The molecule has 0 spiro atoms. The second-order valence-corrected chi connectivity index (χ2v) is 7.95. The van der Waals surface area contributed by atoms with E-state index in [9.17, 15) is 4.79 Å². The number of benzene rings is 2. The molecule has 5 heteroatoms. The number of anilines is 1. The SMILES string of the molecule is NC(=O)c1cncc(-c2ccccc2)c1NCC1(c2cccc(Cl)c2)CC#CCC1. The number of nitrogens with one attached hydrogen (secondary N) is 1. The lowest BCUT2D eigenvalue weighted by atomic mass is 9.72. The van der Waals surface area contributed by atoms with E-state index in [-0.39, 0.29) is 5.41 Å². The molecule has 1 unspecified atom stereocenters. The molecule has 0 saturated carbocycles. The highest BCUT2D eigenvalue weighted by Crippen LogP contribution is 2.38. The predicted octanol–water partition coefficient (Wildman–Crippen LogP) is 5.04. The summed E-state index contributed by atoms with van der Waals surface area (Å²) in [7, 11) is 0. The van der Waals surface area contributed by atoms with Crippen molar-refractivity contribution in [3.63, 3.8) is 0 Å². The first kappa shape index (κ1) is 20.0. The zero-order valence-corrected chi connectivity index (χ0v) is 17.2. The molecule has 0 radical (unpaired) electrons. The highest BCUT2D eigenvalue weighted by Gasteiger charge is 2.33. The second-order valence-electron chi connectivity index (χ2n) is 7.51. The third-order valence-electron chi connectivity index (χ3n) is 5.62. The summed E-state index contributed by atoms with van der Waals surface area (Å²) in [4.78, 5) is 16.4. The third-order valence-corrected chi connectivity index (χ3v) is 5.85. The van der Waals surface area contributed by atoms with Gasteiger partial charge in [0.05, 0.1) is 11.3 Å². The fourth-order valence-corrected chi connectivity index (χ4v) is 4.15. The first-order valence-electron chi connectivity index (χ1n) is 9.88. The molecule has 1 heterocycles. The van der Waals surface area contributed by atoms with Crippen LogP contribution in [0, 0.1) is 11.8 Å². The summed E-state index contributed by atoms with van der Waals surface area (Å²) in [5.41, 5.74) is 9.50. The number of carbonyl (C=O) groups is 1. The number of pyridine rings is 1. The maximum Gasteiger partial charge on any atom is 0.252 e. The van der Waals surface area contributed by atoms with Gasteiger partial charge in [-0.25, -0.2) is 0 Å². The minimum atomic E-state index is -0.511. The number of nitrogens with two attached hydrogens (primary N) is 1. The summed E-state index contributed by atoms with van der Waals surface area (Å²) in [5, 5.41) is 4.24. The number of halogens is 1. The molecule has 3 aromatic rings. The lowest BCUT2D eigenvalue weighted by Crippen LogP contribution is -2.36. The molecule has 0 bridgehead atoms. The Morgan fingerprint density at radius 3 is 2.67 bits per heavy atom. The standard InChI is InChI=1S/C25H22ClN3O/c26-20-11-7-10-19(14-20)25(12-5-2-6-13-25)17-29-23-21(18-8-3-1-4-9-18)15-28-16-22(23)24(27)30/h1,3-4,7-11,14-16H,5,12-13,17H2,(H2,27,30)(H,28,29). The van der Waals surface area contributed by atoms with Gasteiger partial charge in [0.2, 0.25) is 0 Å². The molecule has 1 aliphatic carbocycles. The van der Waals surface area contributed by atoms with Gasteiger partial charge in [-0.1, -0.05) is 54.1 Å². The number of hydrogen-bond donors (Lipinski definition) is 2. The lowest BCUT2D eigenvalue weighted by molar-refractivity contribution is 0.100. The average Bonchev–Trinajstić information content (AvgIpc) is 2.78. The van der Waals surface area contributed by atoms with E-state index in [0.717, 1.165) is 36.0 Å². The van der Waals surface area contributed by atoms with Crippen molar-refractivity contribution in [2.24, 2.45) is 5.73 Å². The van der Waals surface area contributed by atoms with E-state index in [1.807, 2.05) is 48.5 Å². The van der Waals surface area contributed by atoms with Gasteiger partial charge in [0.25, 0.3) is 5.91 Å². The molecule has 1 aliphatic rings. The van der Waals surface area contributed by atoms with Crippen LogP contribution >= 0.6 is 11.6 Å². The van der Waals surface area contributed by atoms with Crippen molar-refractivity contribution in [3.8, 4) is 23.0 Å². The van der Waals surface area contributed by atoms with Crippen LogP contribution in [-0.4, -0.2) is 17.4 Å². The minimum Gasteiger partial charge on any atom is -0.383 e. The Kier molecular flexibility index (Phi) is 5.74. The first-order chi connectivity index (χ1) is 14.6. The van der Waals surface area contributed by atoms with Crippen molar-refractivity contribution < 1.29 is 4.79 Å². The molecule has 4 rings (SSSR count). The number of primary amides is 1. The van der Waals surface area contributed by atoms with Gasteiger partial charge >= 0.3 is 0 Å². The van der Waals surface area contributed by atoms with Crippen LogP contribution in [0.3, 0.4) is 0 Å². The van der Waals surface area contributed by atoms with Crippen LogP contribution in [0.1, 0.15) is 35.2 Å². The molecular weight excluding hydrogens is 394 g/mol. The fourth-order valence-electron chi connectivity index (χ4n) is 3.96. The van der Waals surface area contributed by atoms with E-state index < -0.39 is 5.91 Å². The van der Waals surface area contributed by atoms with Crippen molar-refractivity contribution in [1.82, 2.24) is 4.98 Å². The van der Waals surface area contributed by atoms with Gasteiger partial charge in [-0.05, 0) is 29.7 Å². The smallest absolute Gasteiger partial charge is 0.252 e. The summed E-state index contributed by atoms with van der Waals surface area (Å²) in [6.45, 7) is 0.603. The van der Waals surface area contributed by atoms with Crippen LogP contribution in [0.15, 0.2) is 67.0 Å². The predicted molar refractivity (Wildman–Crippen MR) is 121 cm³/mol. The molecule has 4 nitrogen and oxygen atoms in total. The maximum absolute atomic E-state index is 12.2. The first-order valence-corrected chi connectivity index (χ1v) is 10.3. The number of amides is 1. The molecular formula is C25H22ClN3O. The maximum atomic E-state index is 12.2. The van der Waals surface area contributed by atoms with E-state index in [1.165, 1.54) is 6.20 Å². The Morgan fingerprint density at radius 2 is 1.97 bits per heavy atom. The average molecular weight is 416 g/mol. The Balaban J connectivity index is 1.75. The largest absolute Gasteiger partial charge is 0.383 e. The van der Waals surface area contributed by atoms with Crippen LogP contribution in [0.2, 0.25) is 5.02 Å². The molecule has 3 N–H and O–H groups in total. The van der Waals surface area contributed by atoms with Gasteiger partial charge in [0, 0.05) is 47.8 Å². The topological polar surface area (TPSA) is 68.0 Å². The molecule has 1 aromatic heterocycles. The number of hydrogen-bond acceptors (Lipinski definition) is 3. The quantitative estimate of drug-likeness (QED) is 0.554. The van der Waals surface area contributed by atoms with Crippen molar-refractivity contribution >= 4 is 23.2 Å².